The van der Waals surface area contributed by atoms with E-state index in [1.54, 1.807) is 0 Å². The highest BCUT2D eigenvalue weighted by Gasteiger charge is 2.71. The van der Waals surface area contributed by atoms with Gasteiger partial charge in [0.05, 0.1) is 5.92 Å². The van der Waals surface area contributed by atoms with Gasteiger partial charge in [-0.3, -0.25) is 4.79 Å². The third kappa shape index (κ3) is 0.509. The molecule has 2 rings (SSSR count). The predicted molar refractivity (Wildman–Crippen MR) is 32.3 cm³/mol. The average Bonchev–Trinajstić information content (AvgIpc) is 2.22. The SMILES string of the molecule is O=C(O)C1C2CCCC21F. The minimum atomic E-state index is -1.30. The topological polar surface area (TPSA) is 37.3 Å². The van der Waals surface area contributed by atoms with Gasteiger partial charge in [-0.25, -0.2) is 4.39 Å². The molecule has 0 aromatic rings. The highest BCUT2D eigenvalue weighted by Crippen LogP contribution is 2.63. The van der Waals surface area contributed by atoms with Crippen LogP contribution in [0.5, 0.6) is 0 Å². The fourth-order valence-electron chi connectivity index (χ4n) is 2.20. The lowest BCUT2D eigenvalue weighted by atomic mass is 10.1. The summed E-state index contributed by atoms with van der Waals surface area (Å²) in [4.78, 5) is 10.3. The molecule has 0 aromatic heterocycles. The van der Waals surface area contributed by atoms with Crippen molar-refractivity contribution in [3.05, 3.63) is 0 Å². The van der Waals surface area contributed by atoms with Gasteiger partial charge >= 0.3 is 5.97 Å². The number of rotatable bonds is 1. The summed E-state index contributed by atoms with van der Waals surface area (Å²) in [5.74, 6) is -1.77. The molecular formula is C7H9FO2. The van der Waals surface area contributed by atoms with Gasteiger partial charge in [0.2, 0.25) is 0 Å². The number of fused-ring (bicyclic) bond motifs is 1. The molecule has 0 heterocycles. The van der Waals surface area contributed by atoms with E-state index in [1.165, 1.54) is 0 Å². The van der Waals surface area contributed by atoms with Crippen molar-refractivity contribution >= 4 is 5.97 Å². The fourth-order valence-corrected chi connectivity index (χ4v) is 2.20. The zero-order valence-corrected chi connectivity index (χ0v) is 5.51. The second-order valence-corrected chi connectivity index (χ2v) is 3.24. The van der Waals surface area contributed by atoms with Crippen LogP contribution in [0.4, 0.5) is 4.39 Å². The fraction of sp³-hybridized carbons (Fsp3) is 0.857. The summed E-state index contributed by atoms with van der Waals surface area (Å²) < 4.78 is 13.2. The smallest absolute Gasteiger partial charge is 0.310 e. The lowest BCUT2D eigenvalue weighted by Gasteiger charge is -1.98. The standard InChI is InChI=1S/C7H9FO2/c8-7-3-1-2-4(7)5(7)6(9)10/h4-5H,1-3H2,(H,9,10). The molecule has 0 aliphatic heterocycles. The van der Waals surface area contributed by atoms with Crippen molar-refractivity contribution in [1.29, 1.82) is 0 Å². The number of alkyl halides is 1. The minimum absolute atomic E-state index is 0.148. The zero-order valence-electron chi connectivity index (χ0n) is 5.51. The van der Waals surface area contributed by atoms with Crippen molar-refractivity contribution in [2.24, 2.45) is 11.8 Å². The normalized spacial score (nSPS) is 50.5. The largest absolute Gasteiger partial charge is 0.481 e. The van der Waals surface area contributed by atoms with Crippen LogP contribution in [0.25, 0.3) is 0 Å². The van der Waals surface area contributed by atoms with Crippen molar-refractivity contribution in [3.63, 3.8) is 0 Å². The first-order valence-corrected chi connectivity index (χ1v) is 3.58. The van der Waals surface area contributed by atoms with Crippen LogP contribution in [0.2, 0.25) is 0 Å². The van der Waals surface area contributed by atoms with Gasteiger partial charge in [-0.15, -0.1) is 0 Å². The van der Waals surface area contributed by atoms with Crippen LogP contribution < -0.4 is 0 Å². The number of halogens is 1. The molecule has 1 N–H and O–H groups in total. The van der Waals surface area contributed by atoms with Crippen LogP contribution in [-0.4, -0.2) is 16.7 Å². The van der Waals surface area contributed by atoms with E-state index in [0.717, 1.165) is 12.8 Å². The lowest BCUT2D eigenvalue weighted by molar-refractivity contribution is -0.140. The maximum atomic E-state index is 13.2. The van der Waals surface area contributed by atoms with Crippen molar-refractivity contribution in [2.75, 3.05) is 0 Å². The Kier molecular flexibility index (Phi) is 0.932. The number of aliphatic carboxylic acids is 1. The third-order valence-corrected chi connectivity index (χ3v) is 2.77. The highest BCUT2D eigenvalue weighted by molar-refractivity contribution is 5.77. The maximum absolute atomic E-state index is 13.2. The molecule has 0 aromatic carbocycles. The van der Waals surface area contributed by atoms with Crippen molar-refractivity contribution in [2.45, 2.75) is 24.9 Å². The Morgan fingerprint density at radius 1 is 1.70 bits per heavy atom. The Hall–Kier alpha value is -0.600. The van der Waals surface area contributed by atoms with Crippen LogP contribution >= 0.6 is 0 Å². The van der Waals surface area contributed by atoms with Crippen molar-refractivity contribution < 1.29 is 14.3 Å². The molecule has 3 heteroatoms. The molecule has 2 nitrogen and oxygen atoms in total. The second kappa shape index (κ2) is 1.52. The highest BCUT2D eigenvalue weighted by atomic mass is 19.1. The number of hydrogen-bond donors (Lipinski definition) is 1. The van der Waals surface area contributed by atoms with Gasteiger partial charge in [0, 0.05) is 5.92 Å². The lowest BCUT2D eigenvalue weighted by Crippen LogP contribution is -2.10. The van der Waals surface area contributed by atoms with E-state index < -0.39 is 17.6 Å². The van der Waals surface area contributed by atoms with Crippen molar-refractivity contribution in [1.82, 2.24) is 0 Å². The van der Waals surface area contributed by atoms with E-state index in [-0.39, 0.29) is 5.92 Å². The molecule has 0 saturated heterocycles. The number of carboxylic acids is 1. The molecule has 3 unspecified atom stereocenters. The molecule has 2 aliphatic rings. The molecular weight excluding hydrogens is 135 g/mol. The number of hydrogen-bond acceptors (Lipinski definition) is 1. The summed E-state index contributed by atoms with van der Waals surface area (Å²) in [6.45, 7) is 0. The van der Waals surface area contributed by atoms with Crippen molar-refractivity contribution in [3.8, 4) is 0 Å². The third-order valence-electron chi connectivity index (χ3n) is 2.77. The Morgan fingerprint density at radius 2 is 2.40 bits per heavy atom. The summed E-state index contributed by atoms with van der Waals surface area (Å²) in [6, 6.07) is 0. The van der Waals surface area contributed by atoms with Gasteiger partial charge in [-0.05, 0) is 19.3 Å². The monoisotopic (exact) mass is 144 g/mol. The quantitative estimate of drug-likeness (QED) is 0.600. The summed E-state index contributed by atoms with van der Waals surface area (Å²) in [6.07, 6.45) is 2.10. The van der Waals surface area contributed by atoms with Crippen LogP contribution in [0.15, 0.2) is 0 Å². The molecule has 3 atom stereocenters. The van der Waals surface area contributed by atoms with E-state index >= 15 is 0 Å². The van der Waals surface area contributed by atoms with E-state index in [1.807, 2.05) is 0 Å². The Bertz CT molecular complexity index is 192. The predicted octanol–water partition coefficient (Wildman–Crippen LogP) is 1.21. The number of carbonyl (C=O) groups is 1. The summed E-state index contributed by atoms with van der Waals surface area (Å²) in [5, 5.41) is 8.48. The molecule has 2 aliphatic carbocycles. The summed E-state index contributed by atoms with van der Waals surface area (Å²) >= 11 is 0. The first-order valence-electron chi connectivity index (χ1n) is 3.58. The Labute approximate surface area is 58.0 Å². The number of carboxylic acid groups (broad SMARTS) is 1. The summed E-state index contributed by atoms with van der Waals surface area (Å²) in [7, 11) is 0. The van der Waals surface area contributed by atoms with Crippen LogP contribution in [-0.2, 0) is 4.79 Å². The van der Waals surface area contributed by atoms with Gasteiger partial charge in [-0.1, -0.05) is 0 Å². The maximum Gasteiger partial charge on any atom is 0.310 e. The molecule has 2 saturated carbocycles. The molecule has 0 amide bonds. The molecule has 10 heavy (non-hydrogen) atoms. The van der Waals surface area contributed by atoms with Crippen LogP contribution in [0, 0.1) is 11.8 Å². The summed E-state index contributed by atoms with van der Waals surface area (Å²) in [5.41, 5.74) is -1.30. The van der Waals surface area contributed by atoms with Gasteiger partial charge in [-0.2, -0.15) is 0 Å². The van der Waals surface area contributed by atoms with E-state index in [9.17, 15) is 9.18 Å². The average molecular weight is 144 g/mol. The van der Waals surface area contributed by atoms with Gasteiger partial charge in [0.15, 0.2) is 0 Å². The first-order chi connectivity index (χ1) is 4.66. The van der Waals surface area contributed by atoms with Crippen LogP contribution in [0.3, 0.4) is 0 Å². The van der Waals surface area contributed by atoms with Gasteiger partial charge in [0.25, 0.3) is 0 Å². The molecule has 0 bridgehead atoms. The molecule has 0 radical (unpaired) electrons. The molecule has 56 valence electrons. The van der Waals surface area contributed by atoms with E-state index in [4.69, 9.17) is 5.11 Å². The van der Waals surface area contributed by atoms with E-state index in [0.29, 0.717) is 6.42 Å². The van der Waals surface area contributed by atoms with Gasteiger partial charge < -0.3 is 5.11 Å². The second-order valence-electron chi connectivity index (χ2n) is 3.24. The first kappa shape index (κ1) is 6.13. The van der Waals surface area contributed by atoms with Gasteiger partial charge in [0.1, 0.15) is 5.67 Å². The molecule has 2 fully saturated rings. The minimum Gasteiger partial charge on any atom is -0.481 e. The Morgan fingerprint density at radius 3 is 2.70 bits per heavy atom. The van der Waals surface area contributed by atoms with Crippen LogP contribution in [0.1, 0.15) is 19.3 Å². The zero-order chi connectivity index (χ0) is 7.35. The van der Waals surface area contributed by atoms with E-state index in [2.05, 4.69) is 0 Å². The molecule has 0 spiro atoms. The Balaban J connectivity index is 2.15.